The molecule has 1 unspecified atom stereocenters. The summed E-state index contributed by atoms with van der Waals surface area (Å²) in [6.07, 6.45) is 0.0106. The van der Waals surface area contributed by atoms with Gasteiger partial charge >= 0.3 is 0 Å². The summed E-state index contributed by atoms with van der Waals surface area (Å²) >= 11 is 4.98. The minimum atomic E-state index is -3.37. The fraction of sp³-hybridized carbons (Fsp3) is 0.300. The van der Waals surface area contributed by atoms with E-state index in [2.05, 4.69) is 5.32 Å². The van der Waals surface area contributed by atoms with Gasteiger partial charge in [-0.15, -0.1) is 0 Å². The van der Waals surface area contributed by atoms with E-state index in [1.54, 1.807) is 43.3 Å². The van der Waals surface area contributed by atoms with Crippen LogP contribution < -0.4 is 10.6 Å². The lowest BCUT2D eigenvalue weighted by molar-refractivity contribution is 0.459. The first-order valence-electron chi connectivity index (χ1n) is 4.77. The van der Waals surface area contributed by atoms with Crippen molar-refractivity contribution in [3.63, 3.8) is 0 Å². The zero-order chi connectivity index (χ0) is 12.2. The lowest BCUT2D eigenvalue weighted by Gasteiger charge is -2.22. The molecule has 0 aliphatic rings. The molecule has 0 spiro atoms. The standard InChI is InChI=1S/C10H15N2O2PS/c1-11-10(16)12(2)8-15(13,14)9-6-4-3-5-7-9/h3-7H,8H2,1-2H3,(H,11,16)(H,13,14). The van der Waals surface area contributed by atoms with Crippen molar-refractivity contribution in [2.75, 3.05) is 20.4 Å². The molecule has 4 nitrogen and oxygen atoms in total. The monoisotopic (exact) mass is 258 g/mol. The number of thiocarbonyl (C=S) groups is 1. The lowest BCUT2D eigenvalue weighted by atomic mass is 10.4. The first-order valence-corrected chi connectivity index (χ1v) is 7.03. The number of rotatable bonds is 3. The molecule has 0 heterocycles. The maximum absolute atomic E-state index is 12.1. The molecule has 1 aromatic carbocycles. The third kappa shape index (κ3) is 3.30. The van der Waals surface area contributed by atoms with E-state index in [1.165, 1.54) is 0 Å². The Morgan fingerprint density at radius 1 is 1.50 bits per heavy atom. The van der Waals surface area contributed by atoms with Crippen molar-refractivity contribution in [3.05, 3.63) is 30.3 Å². The fourth-order valence-corrected chi connectivity index (χ4v) is 2.96. The summed E-state index contributed by atoms with van der Waals surface area (Å²) in [6, 6.07) is 8.60. The maximum atomic E-state index is 12.1. The van der Waals surface area contributed by atoms with Crippen LogP contribution in [0.4, 0.5) is 0 Å². The second-order valence-electron chi connectivity index (χ2n) is 3.43. The quantitative estimate of drug-likeness (QED) is 0.625. The van der Waals surface area contributed by atoms with Crippen LogP contribution in [0.5, 0.6) is 0 Å². The van der Waals surface area contributed by atoms with Gasteiger partial charge in [-0.1, -0.05) is 18.2 Å². The Morgan fingerprint density at radius 3 is 2.56 bits per heavy atom. The Kier molecular flexibility index (Phi) is 4.47. The smallest absolute Gasteiger partial charge is 0.248 e. The lowest BCUT2D eigenvalue weighted by Crippen LogP contribution is -2.36. The Balaban J connectivity index is 2.80. The van der Waals surface area contributed by atoms with Gasteiger partial charge in [0.25, 0.3) is 0 Å². The maximum Gasteiger partial charge on any atom is 0.248 e. The number of hydrogen-bond donors (Lipinski definition) is 2. The number of benzene rings is 1. The minimum absolute atomic E-state index is 0.0106. The highest BCUT2D eigenvalue weighted by Crippen LogP contribution is 2.39. The third-order valence-electron chi connectivity index (χ3n) is 2.12. The van der Waals surface area contributed by atoms with Crippen molar-refractivity contribution in [1.82, 2.24) is 10.2 Å². The van der Waals surface area contributed by atoms with E-state index in [-0.39, 0.29) is 6.29 Å². The molecule has 0 fully saturated rings. The van der Waals surface area contributed by atoms with Gasteiger partial charge in [-0.05, 0) is 24.4 Å². The Labute approximate surface area is 101 Å². The van der Waals surface area contributed by atoms with Crippen LogP contribution in [-0.4, -0.2) is 35.3 Å². The number of nitrogens with one attached hydrogen (secondary N) is 1. The summed E-state index contributed by atoms with van der Waals surface area (Å²) in [6.45, 7) is 0. The van der Waals surface area contributed by atoms with Gasteiger partial charge in [0.05, 0.1) is 0 Å². The first kappa shape index (κ1) is 13.2. The summed E-state index contributed by atoms with van der Waals surface area (Å²) in [7, 11) is -0.000320. The molecule has 0 radical (unpaired) electrons. The third-order valence-corrected chi connectivity index (χ3v) is 4.55. The van der Waals surface area contributed by atoms with Crippen molar-refractivity contribution in [1.29, 1.82) is 0 Å². The molecular formula is C10H15N2O2PS. The van der Waals surface area contributed by atoms with E-state index in [0.29, 0.717) is 10.4 Å². The van der Waals surface area contributed by atoms with Gasteiger partial charge in [0.2, 0.25) is 7.37 Å². The molecule has 1 rings (SSSR count). The molecule has 0 aromatic heterocycles. The Hall–Kier alpha value is -0.900. The summed E-state index contributed by atoms with van der Waals surface area (Å²) < 4.78 is 12.1. The average Bonchev–Trinajstić information content (AvgIpc) is 2.28. The van der Waals surface area contributed by atoms with Crippen molar-refractivity contribution in [3.8, 4) is 0 Å². The van der Waals surface area contributed by atoms with Gasteiger partial charge in [-0.25, -0.2) is 0 Å². The summed E-state index contributed by atoms with van der Waals surface area (Å²) in [5, 5.41) is 3.66. The Bertz CT molecular complexity index is 411. The van der Waals surface area contributed by atoms with E-state index in [0.717, 1.165) is 0 Å². The topological polar surface area (TPSA) is 52.6 Å². The molecule has 1 aromatic rings. The summed E-state index contributed by atoms with van der Waals surface area (Å²) in [4.78, 5) is 11.5. The predicted molar refractivity (Wildman–Crippen MR) is 70.2 cm³/mol. The highest BCUT2D eigenvalue weighted by Gasteiger charge is 2.23. The van der Waals surface area contributed by atoms with Crippen molar-refractivity contribution in [2.45, 2.75) is 0 Å². The molecule has 0 amide bonds. The minimum Gasteiger partial charge on any atom is -0.366 e. The van der Waals surface area contributed by atoms with Gasteiger partial charge in [0.1, 0.15) is 6.29 Å². The van der Waals surface area contributed by atoms with Crippen LogP contribution in [-0.2, 0) is 4.57 Å². The van der Waals surface area contributed by atoms with E-state index in [4.69, 9.17) is 12.2 Å². The Morgan fingerprint density at radius 2 is 2.06 bits per heavy atom. The molecule has 88 valence electrons. The predicted octanol–water partition coefficient (Wildman–Crippen LogP) is 0.976. The molecule has 0 bridgehead atoms. The zero-order valence-electron chi connectivity index (χ0n) is 9.25. The summed E-state index contributed by atoms with van der Waals surface area (Å²) in [5.41, 5.74) is 0. The average molecular weight is 258 g/mol. The van der Waals surface area contributed by atoms with Crippen LogP contribution in [0.25, 0.3) is 0 Å². The van der Waals surface area contributed by atoms with Gasteiger partial charge in [0, 0.05) is 19.4 Å². The highest BCUT2D eigenvalue weighted by molar-refractivity contribution is 7.80. The van der Waals surface area contributed by atoms with Crippen LogP contribution in [0.1, 0.15) is 0 Å². The number of hydrogen-bond acceptors (Lipinski definition) is 2. The molecule has 0 aliphatic heterocycles. The fourth-order valence-electron chi connectivity index (χ4n) is 1.29. The van der Waals surface area contributed by atoms with E-state index < -0.39 is 7.37 Å². The summed E-state index contributed by atoms with van der Waals surface area (Å²) in [5.74, 6) is 0. The largest absolute Gasteiger partial charge is 0.366 e. The molecule has 0 aliphatic carbocycles. The normalized spacial score (nSPS) is 13.9. The van der Waals surface area contributed by atoms with Gasteiger partial charge in [0.15, 0.2) is 5.11 Å². The van der Waals surface area contributed by atoms with Crippen LogP contribution in [0, 0.1) is 0 Å². The van der Waals surface area contributed by atoms with Crippen LogP contribution in [0.15, 0.2) is 30.3 Å². The zero-order valence-corrected chi connectivity index (χ0v) is 11.0. The second kappa shape index (κ2) is 5.43. The van der Waals surface area contributed by atoms with Crippen LogP contribution in [0.2, 0.25) is 0 Å². The molecule has 6 heteroatoms. The molecular weight excluding hydrogens is 243 g/mol. The van der Waals surface area contributed by atoms with Crippen LogP contribution >= 0.6 is 19.6 Å². The molecule has 2 N–H and O–H groups in total. The number of nitrogens with zero attached hydrogens (tertiary/aromatic N) is 1. The van der Waals surface area contributed by atoms with Crippen molar-refractivity contribution < 1.29 is 9.46 Å². The van der Waals surface area contributed by atoms with E-state index in [1.807, 2.05) is 6.07 Å². The van der Waals surface area contributed by atoms with E-state index in [9.17, 15) is 9.46 Å². The van der Waals surface area contributed by atoms with Gasteiger partial charge in [-0.2, -0.15) is 0 Å². The van der Waals surface area contributed by atoms with Gasteiger partial charge in [-0.3, -0.25) is 4.57 Å². The molecule has 0 saturated carbocycles. The van der Waals surface area contributed by atoms with E-state index >= 15 is 0 Å². The highest BCUT2D eigenvalue weighted by atomic mass is 32.1. The van der Waals surface area contributed by atoms with Gasteiger partial charge < -0.3 is 15.1 Å². The molecule has 16 heavy (non-hydrogen) atoms. The SMILES string of the molecule is CNC(=S)N(C)CP(=O)(O)c1ccccc1. The molecule has 1 atom stereocenters. The van der Waals surface area contributed by atoms with Crippen molar-refractivity contribution >= 4 is 30.0 Å². The van der Waals surface area contributed by atoms with Crippen LogP contribution in [0.3, 0.4) is 0 Å². The van der Waals surface area contributed by atoms with Crippen molar-refractivity contribution in [2.24, 2.45) is 0 Å². The molecule has 0 saturated heterocycles. The second-order valence-corrected chi connectivity index (χ2v) is 6.02. The first-order chi connectivity index (χ1) is 7.47.